The van der Waals surface area contributed by atoms with Gasteiger partial charge in [-0.3, -0.25) is 4.79 Å². The average molecular weight is 610 g/mol. The Kier molecular flexibility index (Phi) is 12.9. The summed E-state index contributed by atoms with van der Waals surface area (Å²) < 4.78 is 28.5. The van der Waals surface area contributed by atoms with Crippen LogP contribution < -0.4 is 5.73 Å². The zero-order valence-electron chi connectivity index (χ0n) is 25.7. The number of rotatable bonds is 16. The van der Waals surface area contributed by atoms with Crippen LogP contribution in [0.1, 0.15) is 69.1 Å². The Hall–Kier alpha value is -3.08. The molecule has 0 bridgehead atoms. The number of likely N-dealkylation sites (N-methyl/N-ethyl adjacent to an activating group) is 1. The first-order chi connectivity index (χ1) is 20.6. The summed E-state index contributed by atoms with van der Waals surface area (Å²) in [6, 6.07) is 23.9. The van der Waals surface area contributed by atoms with Crippen molar-refractivity contribution < 1.29 is 23.4 Å². The van der Waals surface area contributed by atoms with E-state index in [9.17, 15) is 23.4 Å². The zero-order valence-corrected chi connectivity index (χ0v) is 26.5. The molecule has 0 aliphatic carbocycles. The van der Waals surface area contributed by atoms with Gasteiger partial charge in [0, 0.05) is 31.1 Å². The maximum absolute atomic E-state index is 13.8. The molecule has 3 aromatic rings. The number of hydrogen-bond acceptors (Lipinski definition) is 6. The summed E-state index contributed by atoms with van der Waals surface area (Å²) in [4.78, 5) is 15.6. The van der Waals surface area contributed by atoms with E-state index < -0.39 is 22.1 Å². The maximum Gasteiger partial charge on any atom is 0.243 e. The van der Waals surface area contributed by atoms with Gasteiger partial charge in [0.15, 0.2) is 0 Å². The van der Waals surface area contributed by atoms with Crippen molar-refractivity contribution in [3.63, 3.8) is 0 Å². The molecule has 0 spiro atoms. The fourth-order valence-corrected chi connectivity index (χ4v) is 7.67. The molecule has 1 amide bonds. The fourth-order valence-electron chi connectivity index (χ4n) is 5.83. The third-order valence-corrected chi connectivity index (χ3v) is 10.3. The summed E-state index contributed by atoms with van der Waals surface area (Å²) in [6.07, 6.45) is 2.40. The number of hydrogen-bond donors (Lipinski definition) is 3. The molecule has 0 aromatic heterocycles. The summed E-state index contributed by atoms with van der Waals surface area (Å²) in [5, 5.41) is 19.6. The van der Waals surface area contributed by atoms with Crippen LogP contribution in [0, 0.1) is 0 Å². The standard InChI is InChI=1S/C34H47N3O5S/c1-5-29(36(4)34(40)33(35)32(27-13-8-6-9-14-27)28-15-10-7-11-16-28)17-12-18-30(24-39)37(25(2)3)43(41,42)31-21-19-26(23-38)20-22-31/h6-11,13-16,19-22,25,29-30,32-33,38-39H,5,12,17-18,23-24,35H2,1-4H3/t29-,30-,33-/m0/s1. The van der Waals surface area contributed by atoms with Gasteiger partial charge in [0.25, 0.3) is 0 Å². The summed E-state index contributed by atoms with van der Waals surface area (Å²) in [6.45, 7) is 5.11. The number of sulfonamides is 1. The van der Waals surface area contributed by atoms with Gasteiger partial charge in [0.05, 0.1) is 24.2 Å². The molecule has 0 aliphatic heterocycles. The van der Waals surface area contributed by atoms with Crippen LogP contribution >= 0.6 is 0 Å². The Morgan fingerprint density at radius 1 is 0.837 bits per heavy atom. The highest BCUT2D eigenvalue weighted by molar-refractivity contribution is 7.89. The van der Waals surface area contributed by atoms with Crippen LogP contribution in [-0.2, 0) is 21.4 Å². The molecule has 0 fully saturated rings. The Morgan fingerprint density at radius 3 is 1.79 bits per heavy atom. The van der Waals surface area contributed by atoms with E-state index in [1.807, 2.05) is 67.6 Å². The largest absolute Gasteiger partial charge is 0.395 e. The first-order valence-corrected chi connectivity index (χ1v) is 16.5. The normalized spacial score (nSPS) is 14.2. The molecule has 8 nitrogen and oxygen atoms in total. The number of aliphatic hydroxyl groups excluding tert-OH is 2. The lowest BCUT2D eigenvalue weighted by atomic mass is 9.84. The van der Waals surface area contributed by atoms with Gasteiger partial charge < -0.3 is 20.8 Å². The highest BCUT2D eigenvalue weighted by Crippen LogP contribution is 2.29. The number of nitrogens with two attached hydrogens (primary N) is 1. The van der Waals surface area contributed by atoms with Crippen molar-refractivity contribution in [3.05, 3.63) is 102 Å². The van der Waals surface area contributed by atoms with E-state index in [0.717, 1.165) is 11.1 Å². The SMILES string of the molecule is CC[C@@H](CCC[C@@H](CO)N(C(C)C)S(=O)(=O)c1ccc(CO)cc1)N(C)C(=O)[C@@H](N)C(c1ccccc1)c1ccccc1. The minimum Gasteiger partial charge on any atom is -0.395 e. The predicted molar refractivity (Wildman–Crippen MR) is 171 cm³/mol. The molecule has 43 heavy (non-hydrogen) atoms. The molecule has 3 atom stereocenters. The number of carbonyl (C=O) groups is 1. The molecular formula is C34H47N3O5S. The van der Waals surface area contributed by atoms with Crippen LogP contribution in [0.25, 0.3) is 0 Å². The lowest BCUT2D eigenvalue weighted by Gasteiger charge is -2.35. The molecule has 0 saturated heterocycles. The van der Waals surface area contributed by atoms with Crippen LogP contribution in [-0.4, -0.2) is 71.6 Å². The summed E-state index contributed by atoms with van der Waals surface area (Å²) in [5.74, 6) is -0.453. The van der Waals surface area contributed by atoms with Crippen molar-refractivity contribution in [2.75, 3.05) is 13.7 Å². The zero-order chi connectivity index (χ0) is 31.6. The first kappa shape index (κ1) is 34.4. The highest BCUT2D eigenvalue weighted by Gasteiger charge is 2.35. The number of amides is 1. The smallest absolute Gasteiger partial charge is 0.243 e. The van der Waals surface area contributed by atoms with Gasteiger partial charge >= 0.3 is 0 Å². The van der Waals surface area contributed by atoms with Crippen LogP contribution in [0.15, 0.2) is 89.8 Å². The van der Waals surface area contributed by atoms with Gasteiger partial charge in [0.2, 0.25) is 15.9 Å². The highest BCUT2D eigenvalue weighted by atomic mass is 32.2. The summed E-state index contributed by atoms with van der Waals surface area (Å²) in [7, 11) is -2.10. The average Bonchev–Trinajstić information content (AvgIpc) is 3.02. The molecular weight excluding hydrogens is 562 g/mol. The van der Waals surface area contributed by atoms with Gasteiger partial charge in [0.1, 0.15) is 0 Å². The van der Waals surface area contributed by atoms with E-state index >= 15 is 0 Å². The molecule has 234 valence electrons. The number of nitrogens with zero attached hydrogens (tertiary/aromatic N) is 2. The van der Waals surface area contributed by atoms with Crippen molar-refractivity contribution in [2.45, 2.75) is 88.0 Å². The molecule has 0 unspecified atom stereocenters. The Labute approximate surface area is 257 Å². The van der Waals surface area contributed by atoms with Crippen molar-refractivity contribution in [3.8, 4) is 0 Å². The maximum atomic E-state index is 13.8. The minimum absolute atomic E-state index is 0.0970. The van der Waals surface area contributed by atoms with Gasteiger partial charge in [-0.1, -0.05) is 79.7 Å². The second kappa shape index (κ2) is 16.1. The number of aliphatic hydroxyl groups is 2. The van der Waals surface area contributed by atoms with Crippen molar-refractivity contribution >= 4 is 15.9 Å². The topological polar surface area (TPSA) is 124 Å². The van der Waals surface area contributed by atoms with Gasteiger partial charge in [-0.05, 0) is 68.4 Å². The van der Waals surface area contributed by atoms with Crippen molar-refractivity contribution in [1.29, 1.82) is 0 Å². The monoisotopic (exact) mass is 609 g/mol. The van der Waals surface area contributed by atoms with Gasteiger partial charge in [-0.2, -0.15) is 4.31 Å². The van der Waals surface area contributed by atoms with E-state index in [2.05, 4.69) is 0 Å². The molecule has 3 rings (SSSR count). The van der Waals surface area contributed by atoms with Crippen LogP contribution in [0.5, 0.6) is 0 Å². The molecule has 4 N–H and O–H groups in total. The lowest BCUT2D eigenvalue weighted by molar-refractivity contribution is -0.134. The second-order valence-corrected chi connectivity index (χ2v) is 13.2. The van der Waals surface area contributed by atoms with Crippen molar-refractivity contribution in [1.82, 2.24) is 9.21 Å². The fraction of sp³-hybridized carbons (Fsp3) is 0.441. The molecule has 0 radical (unpaired) electrons. The van der Waals surface area contributed by atoms with E-state index in [1.54, 1.807) is 37.9 Å². The molecule has 3 aromatic carbocycles. The number of benzene rings is 3. The summed E-state index contributed by atoms with van der Waals surface area (Å²) >= 11 is 0. The number of carbonyl (C=O) groups excluding carboxylic acids is 1. The van der Waals surface area contributed by atoms with Gasteiger partial charge in [-0.25, -0.2) is 8.42 Å². The molecule has 0 aliphatic rings. The molecule has 9 heteroatoms. The van der Waals surface area contributed by atoms with E-state index in [0.29, 0.717) is 31.2 Å². The first-order valence-electron chi connectivity index (χ1n) is 15.0. The third-order valence-electron chi connectivity index (χ3n) is 8.16. The minimum atomic E-state index is -3.89. The predicted octanol–water partition coefficient (Wildman–Crippen LogP) is 4.51. The van der Waals surface area contributed by atoms with Crippen LogP contribution in [0.3, 0.4) is 0 Å². The van der Waals surface area contributed by atoms with Crippen LogP contribution in [0.2, 0.25) is 0 Å². The van der Waals surface area contributed by atoms with Gasteiger partial charge in [-0.15, -0.1) is 0 Å². The second-order valence-electron chi connectivity index (χ2n) is 11.3. The summed E-state index contributed by atoms with van der Waals surface area (Å²) in [5.41, 5.74) is 9.27. The van der Waals surface area contributed by atoms with E-state index in [-0.39, 0.29) is 42.0 Å². The van der Waals surface area contributed by atoms with Crippen molar-refractivity contribution in [2.24, 2.45) is 5.73 Å². The Balaban J connectivity index is 1.72. The van der Waals surface area contributed by atoms with E-state index in [1.165, 1.54) is 16.4 Å². The Bertz CT molecular complexity index is 1330. The lowest BCUT2D eigenvalue weighted by Crippen LogP contribution is -2.49. The van der Waals surface area contributed by atoms with E-state index in [4.69, 9.17) is 5.73 Å². The van der Waals surface area contributed by atoms with Crippen LogP contribution in [0.4, 0.5) is 0 Å². The Morgan fingerprint density at radius 2 is 1.35 bits per heavy atom. The quantitative estimate of drug-likeness (QED) is 0.220. The molecule has 0 heterocycles. The third kappa shape index (κ3) is 8.52. The molecule has 0 saturated carbocycles.